The molecule has 0 unspecified atom stereocenters. The smallest absolute Gasteiger partial charge is 0.211 e. The van der Waals surface area contributed by atoms with Crippen molar-refractivity contribution in [2.24, 2.45) is 4.99 Å². The Balaban J connectivity index is 3.28. The number of rotatable bonds is 2. The van der Waals surface area contributed by atoms with Crippen LogP contribution in [0.15, 0.2) is 11.1 Å². The van der Waals surface area contributed by atoms with Gasteiger partial charge in [0.2, 0.25) is 6.08 Å². The van der Waals surface area contributed by atoms with Crippen LogP contribution in [0.25, 0.3) is 0 Å². The summed E-state index contributed by atoms with van der Waals surface area (Å²) in [4.78, 5) is 12.7. The second-order valence-corrected chi connectivity index (χ2v) is 2.73. The lowest BCUT2D eigenvalue weighted by atomic mass is 10.2. The summed E-state index contributed by atoms with van der Waals surface area (Å²) in [5.74, 6) is -3.58. The molecule has 0 fully saturated rings. The molecule has 0 bridgehead atoms. The fraction of sp³-hybridized carbons (Fsp3) is 0.125. The molecule has 14 heavy (non-hydrogen) atoms. The molecule has 6 heteroatoms. The Morgan fingerprint density at radius 1 is 1.36 bits per heavy atom. The summed E-state index contributed by atoms with van der Waals surface area (Å²) in [5.41, 5.74) is -0.556. The first-order valence-corrected chi connectivity index (χ1v) is 3.81. The maximum absolute atomic E-state index is 13.0. The van der Waals surface area contributed by atoms with Gasteiger partial charge in [0.05, 0.1) is 6.54 Å². The van der Waals surface area contributed by atoms with Gasteiger partial charge in [0.25, 0.3) is 0 Å². The van der Waals surface area contributed by atoms with Gasteiger partial charge in [0, 0.05) is 11.6 Å². The highest BCUT2D eigenvalue weighted by Crippen LogP contribution is 2.24. The van der Waals surface area contributed by atoms with E-state index in [4.69, 9.17) is 11.6 Å². The Labute approximate surface area is 82.0 Å². The number of nitrogens with zero attached hydrogens (tertiary/aromatic N) is 1. The Morgan fingerprint density at radius 3 is 2.57 bits per heavy atom. The molecular formula is C8H3ClF3NO. The second kappa shape index (κ2) is 4.26. The van der Waals surface area contributed by atoms with Crippen molar-refractivity contribution in [1.82, 2.24) is 0 Å². The molecule has 74 valence electrons. The van der Waals surface area contributed by atoms with Gasteiger partial charge in [-0.1, -0.05) is 11.6 Å². The molecule has 1 aromatic rings. The molecule has 0 saturated heterocycles. The molecule has 1 rings (SSSR count). The van der Waals surface area contributed by atoms with E-state index < -0.39 is 34.6 Å². The molecule has 0 N–H and O–H groups in total. The minimum absolute atomic E-state index is 0.432. The first-order valence-electron chi connectivity index (χ1n) is 3.43. The van der Waals surface area contributed by atoms with Crippen LogP contribution < -0.4 is 0 Å². The lowest BCUT2D eigenvalue weighted by molar-refractivity contribution is 0.524. The van der Waals surface area contributed by atoms with Crippen molar-refractivity contribution in [1.29, 1.82) is 0 Å². The van der Waals surface area contributed by atoms with E-state index in [0.29, 0.717) is 6.07 Å². The summed E-state index contributed by atoms with van der Waals surface area (Å²) in [6.07, 6.45) is 1.11. The van der Waals surface area contributed by atoms with Crippen LogP contribution in [0.4, 0.5) is 13.2 Å². The number of hydrogen-bond donors (Lipinski definition) is 0. The van der Waals surface area contributed by atoms with E-state index in [9.17, 15) is 18.0 Å². The minimum Gasteiger partial charge on any atom is -0.211 e. The highest BCUT2D eigenvalue weighted by molar-refractivity contribution is 6.30. The van der Waals surface area contributed by atoms with Crippen LogP contribution >= 0.6 is 11.6 Å². The van der Waals surface area contributed by atoms with Crippen LogP contribution in [-0.4, -0.2) is 6.08 Å². The topological polar surface area (TPSA) is 29.4 Å². The molecule has 1 aromatic carbocycles. The molecular weight excluding hydrogens is 219 g/mol. The third-order valence-electron chi connectivity index (χ3n) is 1.51. The predicted molar refractivity (Wildman–Crippen MR) is 43.2 cm³/mol. The highest BCUT2D eigenvalue weighted by atomic mass is 35.5. The number of isocyanates is 1. The molecule has 0 aliphatic rings. The maximum Gasteiger partial charge on any atom is 0.235 e. The normalized spacial score (nSPS) is 9.71. The monoisotopic (exact) mass is 221 g/mol. The van der Waals surface area contributed by atoms with E-state index in [1.165, 1.54) is 0 Å². The Kier molecular flexibility index (Phi) is 3.28. The van der Waals surface area contributed by atoms with E-state index in [2.05, 4.69) is 4.99 Å². The lowest BCUT2D eigenvalue weighted by Crippen LogP contribution is -1.97. The first kappa shape index (κ1) is 10.8. The number of hydrogen-bond acceptors (Lipinski definition) is 2. The molecule has 0 aliphatic carbocycles. The third kappa shape index (κ3) is 1.95. The van der Waals surface area contributed by atoms with Gasteiger partial charge in [-0.25, -0.2) is 23.0 Å². The predicted octanol–water partition coefficient (Wildman–Crippen LogP) is 2.59. The minimum atomic E-state index is -1.25. The van der Waals surface area contributed by atoms with E-state index in [0.717, 1.165) is 6.08 Å². The summed E-state index contributed by atoms with van der Waals surface area (Å²) in [6.45, 7) is -0.554. The second-order valence-electron chi connectivity index (χ2n) is 2.35. The van der Waals surface area contributed by atoms with Crippen LogP contribution in [0.3, 0.4) is 0 Å². The van der Waals surface area contributed by atoms with Crippen LogP contribution in [0.1, 0.15) is 5.56 Å². The number of benzene rings is 1. The summed E-state index contributed by atoms with van der Waals surface area (Å²) >= 11 is 5.18. The molecule has 0 heterocycles. The summed E-state index contributed by atoms with van der Waals surface area (Å²) in [5, 5.41) is -0.817. The highest BCUT2D eigenvalue weighted by Gasteiger charge is 2.16. The Morgan fingerprint density at radius 2 is 2.00 bits per heavy atom. The van der Waals surface area contributed by atoms with Gasteiger partial charge >= 0.3 is 0 Å². The van der Waals surface area contributed by atoms with Gasteiger partial charge in [-0.2, -0.15) is 0 Å². The molecule has 0 amide bonds. The molecule has 0 radical (unpaired) electrons. The standard InChI is InChI=1S/C8H3ClF3NO/c9-7-6(11)1-5(10)4(8(7)12)2-13-3-14/h1H,2H2. The van der Waals surface area contributed by atoms with E-state index >= 15 is 0 Å². The van der Waals surface area contributed by atoms with E-state index in [1.807, 2.05) is 0 Å². The van der Waals surface area contributed by atoms with Crippen molar-refractivity contribution in [2.75, 3.05) is 0 Å². The SMILES string of the molecule is O=C=NCc1c(F)cc(F)c(Cl)c1F. The quantitative estimate of drug-likeness (QED) is 0.327. The van der Waals surface area contributed by atoms with Crippen molar-refractivity contribution in [3.8, 4) is 0 Å². The number of carbonyl (C=O) groups excluding carboxylic acids is 1. The van der Waals surface area contributed by atoms with Gasteiger partial charge in [0.1, 0.15) is 16.7 Å². The average Bonchev–Trinajstić information content (AvgIpc) is 2.14. The van der Waals surface area contributed by atoms with Crippen LogP contribution in [0.5, 0.6) is 0 Å². The van der Waals surface area contributed by atoms with Gasteiger partial charge in [-0.15, -0.1) is 0 Å². The van der Waals surface area contributed by atoms with E-state index in [1.54, 1.807) is 0 Å². The lowest BCUT2D eigenvalue weighted by Gasteiger charge is -2.03. The first-order chi connectivity index (χ1) is 6.57. The fourth-order valence-corrected chi connectivity index (χ4v) is 1.03. The number of aliphatic imine (C=N–C) groups is 1. The zero-order chi connectivity index (χ0) is 10.7. The summed E-state index contributed by atoms with van der Waals surface area (Å²) in [6, 6.07) is 0.432. The van der Waals surface area contributed by atoms with Crippen molar-refractivity contribution in [3.63, 3.8) is 0 Å². The average molecular weight is 222 g/mol. The fourth-order valence-electron chi connectivity index (χ4n) is 0.860. The van der Waals surface area contributed by atoms with Gasteiger partial charge in [0.15, 0.2) is 5.82 Å². The van der Waals surface area contributed by atoms with Gasteiger partial charge in [-0.3, -0.25) is 0 Å². The van der Waals surface area contributed by atoms with Crippen LogP contribution in [-0.2, 0) is 11.3 Å². The molecule has 0 aliphatic heterocycles. The van der Waals surface area contributed by atoms with Crippen molar-refractivity contribution >= 4 is 17.7 Å². The van der Waals surface area contributed by atoms with E-state index in [-0.39, 0.29) is 0 Å². The molecule has 0 atom stereocenters. The zero-order valence-electron chi connectivity index (χ0n) is 6.65. The molecule has 0 saturated carbocycles. The van der Waals surface area contributed by atoms with Crippen molar-refractivity contribution < 1.29 is 18.0 Å². The molecule has 0 spiro atoms. The molecule has 0 aromatic heterocycles. The van der Waals surface area contributed by atoms with Crippen LogP contribution in [0, 0.1) is 17.5 Å². The van der Waals surface area contributed by atoms with Crippen LogP contribution in [0.2, 0.25) is 5.02 Å². The third-order valence-corrected chi connectivity index (χ3v) is 1.86. The van der Waals surface area contributed by atoms with Crippen molar-refractivity contribution in [2.45, 2.75) is 6.54 Å². The maximum atomic E-state index is 13.0. The largest absolute Gasteiger partial charge is 0.235 e. The summed E-state index contributed by atoms with van der Waals surface area (Å²) < 4.78 is 38.6. The Hall–Kier alpha value is -1.32. The van der Waals surface area contributed by atoms with Gasteiger partial charge in [-0.05, 0) is 0 Å². The van der Waals surface area contributed by atoms with Crippen molar-refractivity contribution in [3.05, 3.63) is 34.1 Å². The van der Waals surface area contributed by atoms with Gasteiger partial charge < -0.3 is 0 Å². The summed E-state index contributed by atoms with van der Waals surface area (Å²) in [7, 11) is 0. The molecule has 2 nitrogen and oxygen atoms in total. The zero-order valence-corrected chi connectivity index (χ0v) is 7.41. The Bertz CT molecular complexity index is 416. The number of halogens is 4.